The molecule has 1 aromatic carbocycles. The summed E-state index contributed by atoms with van der Waals surface area (Å²) < 4.78 is 6.71. The quantitative estimate of drug-likeness (QED) is 0.412. The number of rotatable bonds is 2. The van der Waals surface area contributed by atoms with Crippen molar-refractivity contribution in [3.63, 3.8) is 0 Å². The molecular weight excluding hydrogens is 458 g/mol. The molecule has 1 aromatic rings. The molecule has 4 heteroatoms. The average Bonchev–Trinajstić information content (AvgIpc) is 2.96. The Morgan fingerprint density at radius 2 is 1.68 bits per heavy atom. The van der Waals surface area contributed by atoms with Crippen LogP contribution in [0.4, 0.5) is 5.69 Å². The normalized spacial score (nSPS) is 31.5. The molecule has 3 aliphatic carbocycles. The maximum Gasteiger partial charge on any atom is 0.156 e. The third-order valence-electron chi connectivity index (χ3n) is 8.67. The van der Waals surface area contributed by atoms with Crippen molar-refractivity contribution in [1.82, 2.24) is 0 Å². The van der Waals surface area contributed by atoms with Gasteiger partial charge in [-0.3, -0.25) is 4.79 Å². The van der Waals surface area contributed by atoms with Crippen LogP contribution in [0.25, 0.3) is 0 Å². The van der Waals surface area contributed by atoms with Gasteiger partial charge < -0.3 is 14.7 Å². The number of aliphatic hydroxyl groups is 1. The first kappa shape index (κ1) is 34.6. The van der Waals surface area contributed by atoms with Crippen molar-refractivity contribution in [2.75, 3.05) is 25.6 Å². The minimum absolute atomic E-state index is 0. The highest BCUT2D eigenvalue weighted by atomic mass is 16.5. The van der Waals surface area contributed by atoms with E-state index < -0.39 is 11.0 Å². The molecule has 2 fully saturated rings. The van der Waals surface area contributed by atoms with Crippen molar-refractivity contribution in [3.05, 3.63) is 52.6 Å². The zero-order chi connectivity index (χ0) is 22.7. The lowest BCUT2D eigenvalue weighted by molar-refractivity contribution is -0.114. The molecule has 0 radical (unpaired) electrons. The van der Waals surface area contributed by atoms with Gasteiger partial charge in [-0.05, 0) is 84.4 Å². The molecule has 1 aliphatic heterocycles. The topological polar surface area (TPSA) is 49.8 Å². The first-order valence-corrected chi connectivity index (χ1v) is 11.8. The summed E-state index contributed by atoms with van der Waals surface area (Å²) in [6, 6.07) is 8.59. The lowest BCUT2D eigenvalue weighted by Gasteiger charge is -2.42. The molecule has 5 rings (SSSR count). The molecule has 0 aromatic heterocycles. The molecule has 2 unspecified atom stereocenters. The van der Waals surface area contributed by atoms with Crippen LogP contribution in [0.1, 0.15) is 94.2 Å². The Labute approximate surface area is 228 Å². The van der Waals surface area contributed by atoms with Crippen molar-refractivity contribution in [3.8, 4) is 12.3 Å². The number of hydrogen-bond acceptors (Lipinski definition) is 4. The number of hydrogen-bond donors (Lipinski definition) is 1. The van der Waals surface area contributed by atoms with Crippen LogP contribution in [0.15, 0.2) is 47.1 Å². The summed E-state index contributed by atoms with van der Waals surface area (Å²) in [7, 11) is 4.08. The summed E-state index contributed by atoms with van der Waals surface area (Å²) in [6.45, 7) is 2.56. The predicted octanol–water partition coefficient (Wildman–Crippen LogP) is 7.78. The van der Waals surface area contributed by atoms with E-state index in [0.29, 0.717) is 25.4 Å². The summed E-state index contributed by atoms with van der Waals surface area (Å²) in [4.78, 5) is 14.3. The van der Waals surface area contributed by atoms with E-state index in [0.717, 1.165) is 36.9 Å². The van der Waals surface area contributed by atoms with Crippen LogP contribution < -0.4 is 4.90 Å². The van der Waals surface area contributed by atoms with E-state index in [1.165, 1.54) is 16.7 Å². The highest BCUT2D eigenvalue weighted by molar-refractivity contribution is 5.93. The van der Waals surface area contributed by atoms with Crippen molar-refractivity contribution >= 4 is 11.5 Å². The van der Waals surface area contributed by atoms with E-state index in [4.69, 9.17) is 11.2 Å². The molecule has 0 spiro atoms. The highest BCUT2D eigenvalue weighted by Crippen LogP contribution is 2.61. The van der Waals surface area contributed by atoms with Crippen molar-refractivity contribution in [2.45, 2.75) is 94.3 Å². The number of carbonyl (C=O) groups excluding carboxylic acids is 1. The molecule has 4 aliphatic rings. The summed E-state index contributed by atoms with van der Waals surface area (Å²) in [5.74, 6) is 3.55. The fourth-order valence-electron chi connectivity index (χ4n) is 6.73. The maximum absolute atomic E-state index is 12.2. The van der Waals surface area contributed by atoms with Crippen LogP contribution in [0, 0.1) is 29.6 Å². The highest BCUT2D eigenvalue weighted by Gasteiger charge is 2.61. The van der Waals surface area contributed by atoms with Crippen molar-refractivity contribution < 1.29 is 14.6 Å². The Balaban J connectivity index is 0.00000259. The molecule has 0 bridgehead atoms. The second-order valence-electron chi connectivity index (χ2n) is 10.5. The van der Waals surface area contributed by atoms with Crippen LogP contribution in [0.2, 0.25) is 0 Å². The van der Waals surface area contributed by atoms with Gasteiger partial charge in [-0.1, -0.05) is 62.1 Å². The number of ketones is 1. The fraction of sp³-hybridized carbons (Fsp3) is 0.606. The summed E-state index contributed by atoms with van der Waals surface area (Å²) in [5, 5.41) is 11.4. The van der Waals surface area contributed by atoms with Crippen molar-refractivity contribution in [1.29, 1.82) is 0 Å². The smallest absolute Gasteiger partial charge is 0.156 e. The number of nitrogens with zero attached hydrogens (tertiary/aromatic N) is 1. The second-order valence-corrected chi connectivity index (χ2v) is 10.5. The number of benzene rings is 1. The monoisotopic (exact) mass is 511 g/mol. The first-order valence-electron chi connectivity index (χ1n) is 11.8. The average molecular weight is 512 g/mol. The van der Waals surface area contributed by atoms with Crippen LogP contribution in [-0.4, -0.2) is 37.2 Å². The van der Waals surface area contributed by atoms with Gasteiger partial charge in [-0.15, -0.1) is 6.42 Å². The van der Waals surface area contributed by atoms with E-state index >= 15 is 0 Å². The van der Waals surface area contributed by atoms with Gasteiger partial charge in [0, 0.05) is 31.6 Å². The summed E-state index contributed by atoms with van der Waals surface area (Å²) in [6.07, 6.45) is 12.3. The van der Waals surface area contributed by atoms with E-state index in [9.17, 15) is 9.90 Å². The Kier molecular flexibility index (Phi) is 11.7. The zero-order valence-corrected chi connectivity index (χ0v) is 19.4. The summed E-state index contributed by atoms with van der Waals surface area (Å²) >= 11 is 0. The maximum atomic E-state index is 12.2. The molecular formula is C33H53NO3. The fourth-order valence-corrected chi connectivity index (χ4v) is 6.73. The summed E-state index contributed by atoms with van der Waals surface area (Å²) in [5.41, 5.74) is 4.51. The predicted molar refractivity (Wildman–Crippen MR) is 160 cm³/mol. The molecule has 208 valence electrons. The van der Waals surface area contributed by atoms with E-state index in [2.05, 4.69) is 42.0 Å². The van der Waals surface area contributed by atoms with Crippen molar-refractivity contribution in [2.24, 2.45) is 17.3 Å². The van der Waals surface area contributed by atoms with Gasteiger partial charge in [0.2, 0.25) is 0 Å². The van der Waals surface area contributed by atoms with Crippen LogP contribution in [0.5, 0.6) is 0 Å². The number of allylic oxidation sites excluding steroid dienone is 3. The molecule has 1 N–H and O–H groups in total. The Morgan fingerprint density at radius 1 is 1.03 bits per heavy atom. The van der Waals surface area contributed by atoms with Gasteiger partial charge in [0.15, 0.2) is 5.78 Å². The molecule has 1 saturated carbocycles. The van der Waals surface area contributed by atoms with Gasteiger partial charge in [0.05, 0.1) is 6.61 Å². The molecule has 1 heterocycles. The molecule has 5 atom stereocenters. The minimum atomic E-state index is -1.14. The van der Waals surface area contributed by atoms with Gasteiger partial charge >= 0.3 is 0 Å². The number of fused-ring (bicyclic) bond motifs is 4. The van der Waals surface area contributed by atoms with E-state index in [-0.39, 0.29) is 54.9 Å². The minimum Gasteiger partial charge on any atom is -0.378 e. The lowest BCUT2D eigenvalue weighted by Crippen LogP contribution is -2.48. The van der Waals surface area contributed by atoms with E-state index in [1.54, 1.807) is 0 Å². The van der Waals surface area contributed by atoms with Crippen LogP contribution in [0.3, 0.4) is 0 Å². The van der Waals surface area contributed by atoms with Gasteiger partial charge in [0.25, 0.3) is 0 Å². The number of carbonyl (C=O) groups is 1. The van der Waals surface area contributed by atoms with Gasteiger partial charge in [-0.25, -0.2) is 0 Å². The third kappa shape index (κ3) is 5.31. The standard InChI is InChI=1S/C28H33NO3.5CH4/c1-5-28(31)15-14-24-23-12-8-19-16-21(30)11-13-22(19)25(23)26(32-17-27(24,28)2)18-6-9-20(10-7-18)29(3)4;;;;;/h1,6-7,9-10,16,23-24,26,31H,8,11-15,17H2,2-4H3;5*1H4/t23?,24?,26-,27+,28+;;;;;/m1...../s1. The second kappa shape index (κ2) is 12.5. The van der Waals surface area contributed by atoms with E-state index in [1.807, 2.05) is 20.2 Å². The van der Waals surface area contributed by atoms with Gasteiger partial charge in [0.1, 0.15) is 11.7 Å². The Hall–Kier alpha value is -2.35. The Morgan fingerprint density at radius 3 is 2.27 bits per heavy atom. The molecule has 1 saturated heterocycles. The van der Waals surface area contributed by atoms with Crippen LogP contribution in [-0.2, 0) is 9.53 Å². The zero-order valence-electron chi connectivity index (χ0n) is 19.4. The molecule has 4 nitrogen and oxygen atoms in total. The van der Waals surface area contributed by atoms with Gasteiger partial charge in [-0.2, -0.15) is 0 Å². The Bertz CT molecular complexity index is 1040. The number of anilines is 1. The molecule has 0 amide bonds. The number of terminal acetylenes is 1. The largest absolute Gasteiger partial charge is 0.378 e. The molecule has 37 heavy (non-hydrogen) atoms. The lowest BCUT2D eigenvalue weighted by atomic mass is 9.62. The first-order chi connectivity index (χ1) is 15.3. The van der Waals surface area contributed by atoms with Crippen LogP contribution >= 0.6 is 0 Å². The third-order valence-corrected chi connectivity index (χ3v) is 8.67. The number of ether oxygens (including phenoxy) is 1. The SMILES string of the molecule is C.C.C.C.C.C#C[C@]1(O)CCC2C3CCC4=CC(=O)CCC4=C3[C@@H](c3ccc(N(C)C)cc3)OC[C@@]21C.